The van der Waals surface area contributed by atoms with Crippen molar-refractivity contribution in [1.29, 1.82) is 0 Å². The number of methoxy groups -OCH3 is 1. The third-order valence-electron chi connectivity index (χ3n) is 2.27. The minimum absolute atomic E-state index is 0.339. The van der Waals surface area contributed by atoms with Gasteiger partial charge in [-0.3, -0.25) is 0 Å². The molecule has 2 heteroatoms. The molecule has 0 aliphatic rings. The van der Waals surface area contributed by atoms with Crippen LogP contribution in [0.1, 0.15) is 24.3 Å². The first-order valence-corrected chi connectivity index (χ1v) is 4.86. The second-order valence-corrected chi connectivity index (χ2v) is 3.31. The van der Waals surface area contributed by atoms with Gasteiger partial charge in [-0.25, -0.2) is 0 Å². The fourth-order valence-corrected chi connectivity index (χ4v) is 1.54. The first-order chi connectivity index (χ1) is 6.88. The van der Waals surface area contributed by atoms with Gasteiger partial charge < -0.3 is 9.53 Å². The van der Waals surface area contributed by atoms with E-state index >= 15 is 0 Å². The van der Waals surface area contributed by atoms with Gasteiger partial charge in [-0.2, -0.15) is 0 Å². The zero-order valence-corrected chi connectivity index (χ0v) is 8.48. The van der Waals surface area contributed by atoms with Crippen LogP contribution in [0.4, 0.5) is 0 Å². The SMILES string of the molecule is COCC(CCC=O)c1ccccc1. The Balaban J connectivity index is 2.62. The topological polar surface area (TPSA) is 26.3 Å². The summed E-state index contributed by atoms with van der Waals surface area (Å²) in [6, 6.07) is 10.2. The van der Waals surface area contributed by atoms with Crippen molar-refractivity contribution in [3.05, 3.63) is 35.9 Å². The van der Waals surface area contributed by atoms with Gasteiger partial charge >= 0.3 is 0 Å². The largest absolute Gasteiger partial charge is 0.384 e. The normalized spacial score (nSPS) is 12.4. The molecule has 0 aromatic heterocycles. The molecule has 0 aliphatic heterocycles. The summed E-state index contributed by atoms with van der Waals surface area (Å²) < 4.78 is 5.14. The Bertz CT molecular complexity index is 256. The third-order valence-corrected chi connectivity index (χ3v) is 2.27. The van der Waals surface area contributed by atoms with Crippen molar-refractivity contribution in [1.82, 2.24) is 0 Å². The maximum Gasteiger partial charge on any atom is 0.120 e. The molecule has 0 spiro atoms. The fourth-order valence-electron chi connectivity index (χ4n) is 1.54. The van der Waals surface area contributed by atoms with Crippen molar-refractivity contribution in [2.45, 2.75) is 18.8 Å². The Morgan fingerprint density at radius 1 is 1.36 bits per heavy atom. The number of hydrogen-bond donors (Lipinski definition) is 0. The average Bonchev–Trinajstić information content (AvgIpc) is 2.25. The minimum atomic E-state index is 0.339. The Kier molecular flexibility index (Phi) is 4.94. The van der Waals surface area contributed by atoms with Crippen LogP contribution in [0.5, 0.6) is 0 Å². The van der Waals surface area contributed by atoms with Crippen molar-refractivity contribution in [2.75, 3.05) is 13.7 Å². The number of aldehydes is 1. The number of carbonyl (C=O) groups is 1. The van der Waals surface area contributed by atoms with Crippen molar-refractivity contribution in [2.24, 2.45) is 0 Å². The molecule has 1 aromatic rings. The summed E-state index contributed by atoms with van der Waals surface area (Å²) in [4.78, 5) is 10.3. The Morgan fingerprint density at radius 2 is 2.07 bits per heavy atom. The lowest BCUT2D eigenvalue weighted by molar-refractivity contribution is -0.108. The molecule has 14 heavy (non-hydrogen) atoms. The monoisotopic (exact) mass is 192 g/mol. The van der Waals surface area contributed by atoms with Crippen LogP contribution in [0, 0.1) is 0 Å². The summed E-state index contributed by atoms with van der Waals surface area (Å²) in [5, 5.41) is 0. The molecule has 0 N–H and O–H groups in total. The van der Waals surface area contributed by atoms with E-state index in [2.05, 4.69) is 12.1 Å². The molecule has 0 saturated carbocycles. The van der Waals surface area contributed by atoms with Gasteiger partial charge in [-0.15, -0.1) is 0 Å². The van der Waals surface area contributed by atoms with Crippen LogP contribution in [0.2, 0.25) is 0 Å². The standard InChI is InChI=1S/C12H16O2/c1-14-10-12(8-5-9-13)11-6-3-2-4-7-11/h2-4,6-7,9,12H,5,8,10H2,1H3. The Hall–Kier alpha value is -1.15. The van der Waals surface area contributed by atoms with Gasteiger partial charge in [0.1, 0.15) is 6.29 Å². The van der Waals surface area contributed by atoms with E-state index in [1.165, 1.54) is 5.56 Å². The highest BCUT2D eigenvalue weighted by Gasteiger charge is 2.09. The van der Waals surface area contributed by atoms with Gasteiger partial charge in [0.05, 0.1) is 6.61 Å². The van der Waals surface area contributed by atoms with E-state index in [0.29, 0.717) is 18.9 Å². The Labute approximate surface area is 84.9 Å². The zero-order valence-electron chi connectivity index (χ0n) is 8.48. The van der Waals surface area contributed by atoms with Crippen LogP contribution < -0.4 is 0 Å². The molecule has 2 nitrogen and oxygen atoms in total. The predicted molar refractivity (Wildman–Crippen MR) is 56.4 cm³/mol. The quantitative estimate of drug-likeness (QED) is 0.647. The lowest BCUT2D eigenvalue weighted by Gasteiger charge is -2.14. The lowest BCUT2D eigenvalue weighted by atomic mass is 9.95. The van der Waals surface area contributed by atoms with Crippen LogP contribution in [-0.4, -0.2) is 20.0 Å². The molecule has 0 aliphatic carbocycles. The number of benzene rings is 1. The van der Waals surface area contributed by atoms with Crippen LogP contribution in [0.25, 0.3) is 0 Å². The van der Waals surface area contributed by atoms with E-state index in [1.807, 2.05) is 18.2 Å². The second kappa shape index (κ2) is 6.33. The van der Waals surface area contributed by atoms with Gasteiger partial charge in [-0.05, 0) is 12.0 Å². The molecule has 1 unspecified atom stereocenters. The maximum atomic E-state index is 10.3. The molecule has 0 saturated heterocycles. The molecule has 1 rings (SSSR count). The summed E-state index contributed by atoms with van der Waals surface area (Å²) in [6.07, 6.45) is 2.43. The van der Waals surface area contributed by atoms with E-state index in [0.717, 1.165) is 12.7 Å². The number of hydrogen-bond acceptors (Lipinski definition) is 2. The molecular formula is C12H16O2. The molecule has 0 bridgehead atoms. The highest BCUT2D eigenvalue weighted by atomic mass is 16.5. The smallest absolute Gasteiger partial charge is 0.120 e. The zero-order chi connectivity index (χ0) is 10.2. The molecule has 0 fully saturated rings. The minimum Gasteiger partial charge on any atom is -0.384 e. The number of rotatable bonds is 6. The first-order valence-electron chi connectivity index (χ1n) is 4.86. The fraction of sp³-hybridized carbons (Fsp3) is 0.417. The Morgan fingerprint density at radius 3 is 2.64 bits per heavy atom. The van der Waals surface area contributed by atoms with Crippen LogP contribution in [0.3, 0.4) is 0 Å². The summed E-state index contributed by atoms with van der Waals surface area (Å²) in [7, 11) is 1.69. The van der Waals surface area contributed by atoms with Crippen LogP contribution >= 0.6 is 0 Å². The predicted octanol–water partition coefficient (Wildman–Crippen LogP) is 2.40. The number of ether oxygens (including phenoxy) is 1. The van der Waals surface area contributed by atoms with Crippen molar-refractivity contribution >= 4 is 6.29 Å². The summed E-state index contributed by atoms with van der Waals surface area (Å²) in [6.45, 7) is 0.678. The molecule has 0 amide bonds. The van der Waals surface area contributed by atoms with Crippen LogP contribution in [-0.2, 0) is 9.53 Å². The lowest BCUT2D eigenvalue weighted by Crippen LogP contribution is -2.06. The van der Waals surface area contributed by atoms with Crippen LogP contribution in [0.15, 0.2) is 30.3 Å². The van der Waals surface area contributed by atoms with E-state index in [9.17, 15) is 4.79 Å². The third kappa shape index (κ3) is 3.30. The van der Waals surface area contributed by atoms with Crippen molar-refractivity contribution < 1.29 is 9.53 Å². The molecular weight excluding hydrogens is 176 g/mol. The summed E-state index contributed by atoms with van der Waals surface area (Å²) >= 11 is 0. The summed E-state index contributed by atoms with van der Waals surface area (Å²) in [5.74, 6) is 0.339. The molecule has 1 aromatic carbocycles. The maximum absolute atomic E-state index is 10.3. The van der Waals surface area contributed by atoms with Gasteiger partial charge in [0.25, 0.3) is 0 Å². The molecule has 1 atom stereocenters. The van der Waals surface area contributed by atoms with E-state index in [4.69, 9.17) is 4.74 Å². The second-order valence-electron chi connectivity index (χ2n) is 3.31. The summed E-state index contributed by atoms with van der Waals surface area (Å²) in [5.41, 5.74) is 1.25. The van der Waals surface area contributed by atoms with Crippen molar-refractivity contribution in [3.8, 4) is 0 Å². The van der Waals surface area contributed by atoms with E-state index in [-0.39, 0.29) is 0 Å². The highest BCUT2D eigenvalue weighted by Crippen LogP contribution is 2.20. The van der Waals surface area contributed by atoms with E-state index < -0.39 is 0 Å². The average molecular weight is 192 g/mol. The van der Waals surface area contributed by atoms with Crippen molar-refractivity contribution in [3.63, 3.8) is 0 Å². The van der Waals surface area contributed by atoms with Gasteiger partial charge in [0.15, 0.2) is 0 Å². The molecule has 0 heterocycles. The van der Waals surface area contributed by atoms with Gasteiger partial charge in [-0.1, -0.05) is 30.3 Å². The first kappa shape index (κ1) is 10.9. The highest BCUT2D eigenvalue weighted by molar-refractivity contribution is 5.49. The van der Waals surface area contributed by atoms with Gasteiger partial charge in [0, 0.05) is 19.4 Å². The van der Waals surface area contributed by atoms with Gasteiger partial charge in [0.2, 0.25) is 0 Å². The van der Waals surface area contributed by atoms with E-state index in [1.54, 1.807) is 7.11 Å². The molecule has 76 valence electrons. The molecule has 0 radical (unpaired) electrons. The number of carbonyl (C=O) groups excluding carboxylic acids is 1.